The largest absolute Gasteiger partial charge is 0.376 e. The molecule has 3 amide bonds. The number of ether oxygens (including phenoxy) is 1. The van der Waals surface area contributed by atoms with Gasteiger partial charge >= 0.3 is 0 Å². The molecule has 0 bridgehead atoms. The van der Waals surface area contributed by atoms with Crippen LogP contribution in [0.15, 0.2) is 30.3 Å². The Balaban J connectivity index is 1.39. The number of benzene rings is 1. The Bertz CT molecular complexity index is 1030. The third-order valence-electron chi connectivity index (χ3n) is 6.20. The van der Waals surface area contributed by atoms with Gasteiger partial charge in [-0.3, -0.25) is 19.1 Å². The maximum atomic E-state index is 13.2. The van der Waals surface area contributed by atoms with Crippen molar-refractivity contribution < 1.29 is 19.1 Å². The summed E-state index contributed by atoms with van der Waals surface area (Å²) in [7, 11) is 1.56. The molecule has 1 unspecified atom stereocenters. The number of rotatable bonds is 7. The van der Waals surface area contributed by atoms with E-state index < -0.39 is 0 Å². The van der Waals surface area contributed by atoms with Gasteiger partial charge in [0.2, 0.25) is 5.91 Å². The molecular weight excluding hydrogens is 422 g/mol. The van der Waals surface area contributed by atoms with Gasteiger partial charge in [0.15, 0.2) is 5.69 Å². The third kappa shape index (κ3) is 5.42. The first-order chi connectivity index (χ1) is 15.9. The minimum Gasteiger partial charge on any atom is -0.376 e. The van der Waals surface area contributed by atoms with Crippen LogP contribution < -0.4 is 5.32 Å². The quantitative estimate of drug-likeness (QED) is 0.687. The van der Waals surface area contributed by atoms with Gasteiger partial charge in [-0.05, 0) is 37.3 Å². The molecule has 33 heavy (non-hydrogen) atoms. The Morgan fingerprint density at radius 2 is 2.06 bits per heavy atom. The summed E-state index contributed by atoms with van der Waals surface area (Å²) in [5, 5.41) is 7.20. The van der Waals surface area contributed by atoms with Gasteiger partial charge in [-0.15, -0.1) is 0 Å². The summed E-state index contributed by atoms with van der Waals surface area (Å²) in [6.45, 7) is 4.84. The summed E-state index contributed by atoms with van der Waals surface area (Å²) in [5.74, 6) is -0.775. The molecule has 0 saturated carbocycles. The number of aromatic nitrogens is 2. The molecule has 1 aromatic heterocycles. The summed E-state index contributed by atoms with van der Waals surface area (Å²) in [5.41, 5.74) is 2.81. The Hall–Kier alpha value is -3.20. The molecule has 1 atom stereocenters. The zero-order chi connectivity index (χ0) is 23.4. The molecule has 4 rings (SSSR count). The molecule has 2 aliphatic rings. The number of hydrogen-bond acceptors (Lipinski definition) is 5. The van der Waals surface area contributed by atoms with Crippen molar-refractivity contribution in [3.63, 3.8) is 0 Å². The molecule has 2 aliphatic heterocycles. The Morgan fingerprint density at radius 3 is 2.82 bits per heavy atom. The lowest BCUT2D eigenvalue weighted by atomic mass is 10.1. The van der Waals surface area contributed by atoms with Crippen molar-refractivity contribution in [2.45, 2.75) is 45.4 Å². The van der Waals surface area contributed by atoms with Crippen LogP contribution in [0.1, 0.15) is 51.4 Å². The lowest BCUT2D eigenvalue weighted by molar-refractivity contribution is -0.122. The van der Waals surface area contributed by atoms with Crippen LogP contribution in [-0.4, -0.2) is 76.7 Å². The highest BCUT2D eigenvalue weighted by Crippen LogP contribution is 2.19. The Labute approximate surface area is 193 Å². The van der Waals surface area contributed by atoms with E-state index in [0.717, 1.165) is 37.0 Å². The van der Waals surface area contributed by atoms with E-state index in [9.17, 15) is 14.4 Å². The Morgan fingerprint density at radius 1 is 1.24 bits per heavy atom. The maximum absolute atomic E-state index is 13.2. The third-order valence-corrected chi connectivity index (χ3v) is 6.20. The highest BCUT2D eigenvalue weighted by atomic mass is 16.5. The van der Waals surface area contributed by atoms with Gasteiger partial charge in [0.25, 0.3) is 11.8 Å². The van der Waals surface area contributed by atoms with Crippen LogP contribution >= 0.6 is 0 Å². The number of nitrogens with one attached hydrogen (secondary N) is 1. The van der Waals surface area contributed by atoms with E-state index in [4.69, 9.17) is 4.74 Å². The van der Waals surface area contributed by atoms with Crippen molar-refractivity contribution in [1.29, 1.82) is 0 Å². The number of likely N-dealkylation sites (N-methyl/N-ethyl adjacent to an activating group) is 1. The first-order valence-electron chi connectivity index (χ1n) is 11.5. The van der Waals surface area contributed by atoms with Crippen LogP contribution in [0, 0.1) is 6.92 Å². The molecule has 1 fully saturated rings. The SMILES string of the molecule is Cc1ccccc1CN1CCCn2nc(C(=O)N(C)CC(=O)NCC3CCCO3)cc2C1=O. The molecule has 1 saturated heterocycles. The van der Waals surface area contributed by atoms with E-state index in [-0.39, 0.29) is 36.1 Å². The highest BCUT2D eigenvalue weighted by molar-refractivity contribution is 5.99. The van der Waals surface area contributed by atoms with Crippen LogP contribution in [0.5, 0.6) is 0 Å². The fraction of sp³-hybridized carbons (Fsp3) is 0.500. The second-order valence-corrected chi connectivity index (χ2v) is 8.75. The first-order valence-corrected chi connectivity index (χ1v) is 11.5. The monoisotopic (exact) mass is 453 g/mol. The molecule has 1 aromatic carbocycles. The molecule has 9 nitrogen and oxygen atoms in total. The molecule has 9 heteroatoms. The van der Waals surface area contributed by atoms with Gasteiger partial charge in [0.05, 0.1) is 12.6 Å². The minimum atomic E-state index is -0.388. The predicted octanol–water partition coefficient (Wildman–Crippen LogP) is 1.60. The summed E-state index contributed by atoms with van der Waals surface area (Å²) in [6, 6.07) is 9.55. The van der Waals surface area contributed by atoms with Gasteiger partial charge in [-0.2, -0.15) is 5.10 Å². The van der Waals surface area contributed by atoms with Gasteiger partial charge in [-0.25, -0.2) is 0 Å². The molecule has 176 valence electrons. The molecule has 2 aromatic rings. The number of carbonyl (C=O) groups excluding carboxylic acids is 3. The number of hydrogen-bond donors (Lipinski definition) is 1. The molecule has 0 spiro atoms. The van der Waals surface area contributed by atoms with Crippen LogP contribution in [0.4, 0.5) is 0 Å². The van der Waals surface area contributed by atoms with Gasteiger partial charge in [0.1, 0.15) is 5.69 Å². The molecule has 3 heterocycles. The van der Waals surface area contributed by atoms with E-state index in [2.05, 4.69) is 10.4 Å². The number of fused-ring (bicyclic) bond motifs is 1. The second kappa shape index (κ2) is 10.2. The number of amides is 3. The molecular formula is C24H31N5O4. The van der Waals surface area contributed by atoms with E-state index in [1.807, 2.05) is 31.2 Å². The fourth-order valence-electron chi connectivity index (χ4n) is 4.25. The molecule has 1 N–H and O–H groups in total. The van der Waals surface area contributed by atoms with Crippen molar-refractivity contribution in [1.82, 2.24) is 24.9 Å². The smallest absolute Gasteiger partial charge is 0.274 e. The molecule has 0 aliphatic carbocycles. The van der Waals surface area contributed by atoms with E-state index in [1.54, 1.807) is 22.7 Å². The topological polar surface area (TPSA) is 96.8 Å². The zero-order valence-electron chi connectivity index (χ0n) is 19.2. The normalized spacial score (nSPS) is 18.1. The average molecular weight is 454 g/mol. The van der Waals surface area contributed by atoms with E-state index >= 15 is 0 Å². The lowest BCUT2D eigenvalue weighted by Gasteiger charge is -2.21. The first kappa shape index (κ1) is 23.0. The van der Waals surface area contributed by atoms with Gasteiger partial charge < -0.3 is 19.9 Å². The Kier molecular flexibility index (Phi) is 7.08. The van der Waals surface area contributed by atoms with E-state index in [0.29, 0.717) is 31.9 Å². The summed E-state index contributed by atoms with van der Waals surface area (Å²) in [4.78, 5) is 41.5. The number of nitrogens with zero attached hydrogens (tertiary/aromatic N) is 4. The van der Waals surface area contributed by atoms with Crippen molar-refractivity contribution in [3.8, 4) is 0 Å². The summed E-state index contributed by atoms with van der Waals surface area (Å²) in [6.07, 6.45) is 2.74. The second-order valence-electron chi connectivity index (χ2n) is 8.75. The van der Waals surface area contributed by atoms with Crippen LogP contribution in [0.25, 0.3) is 0 Å². The van der Waals surface area contributed by atoms with Crippen LogP contribution in [0.2, 0.25) is 0 Å². The summed E-state index contributed by atoms with van der Waals surface area (Å²) < 4.78 is 7.11. The number of carbonyl (C=O) groups is 3. The van der Waals surface area contributed by atoms with Crippen molar-refractivity contribution in [2.75, 3.05) is 33.3 Å². The minimum absolute atomic E-state index is 0.0485. The van der Waals surface area contributed by atoms with Crippen molar-refractivity contribution >= 4 is 17.7 Å². The van der Waals surface area contributed by atoms with Gasteiger partial charge in [-0.1, -0.05) is 24.3 Å². The van der Waals surface area contributed by atoms with Crippen LogP contribution in [0.3, 0.4) is 0 Å². The van der Waals surface area contributed by atoms with E-state index in [1.165, 1.54) is 4.90 Å². The van der Waals surface area contributed by atoms with Crippen LogP contribution in [-0.2, 0) is 22.6 Å². The summed E-state index contributed by atoms with van der Waals surface area (Å²) >= 11 is 0. The predicted molar refractivity (Wildman–Crippen MR) is 122 cm³/mol. The zero-order valence-corrected chi connectivity index (χ0v) is 19.2. The fourth-order valence-corrected chi connectivity index (χ4v) is 4.25. The van der Waals surface area contributed by atoms with Crippen molar-refractivity contribution in [2.24, 2.45) is 0 Å². The molecule has 0 radical (unpaired) electrons. The van der Waals surface area contributed by atoms with Crippen molar-refractivity contribution in [3.05, 3.63) is 52.8 Å². The maximum Gasteiger partial charge on any atom is 0.274 e. The highest BCUT2D eigenvalue weighted by Gasteiger charge is 2.28. The average Bonchev–Trinajstić information content (AvgIpc) is 3.45. The lowest BCUT2D eigenvalue weighted by Crippen LogP contribution is -2.41. The number of aryl methyl sites for hydroxylation is 2. The van der Waals surface area contributed by atoms with Gasteiger partial charge in [0, 0.05) is 45.9 Å². The standard InChI is InChI=1S/C24H31N5O4/c1-17-7-3-4-8-18(17)15-28-10-6-11-29-21(24(28)32)13-20(26-29)23(31)27(2)16-22(30)25-14-19-9-5-12-33-19/h3-4,7-8,13,19H,5-6,9-12,14-16H2,1-2H3,(H,25,30).